The zero-order valence-corrected chi connectivity index (χ0v) is 11.7. The van der Waals surface area contributed by atoms with Crippen molar-refractivity contribution in [2.24, 2.45) is 12.9 Å². The van der Waals surface area contributed by atoms with Gasteiger partial charge in [0.25, 0.3) is 15.7 Å². The van der Waals surface area contributed by atoms with Crippen molar-refractivity contribution in [1.29, 1.82) is 0 Å². The van der Waals surface area contributed by atoms with Crippen LogP contribution in [-0.4, -0.2) is 23.1 Å². The molecular weight excluding hydrogens is 300 g/mol. The van der Waals surface area contributed by atoms with E-state index in [0.29, 0.717) is 0 Å². The normalized spacial score (nSPS) is 11.1. The van der Waals surface area contributed by atoms with E-state index in [1.165, 1.54) is 17.1 Å². The van der Waals surface area contributed by atoms with Crippen LogP contribution < -0.4 is 16.0 Å². The van der Waals surface area contributed by atoms with Crippen LogP contribution in [-0.2, 0) is 17.1 Å². The average molecular weight is 312 g/mol. The van der Waals surface area contributed by atoms with Gasteiger partial charge in [0.2, 0.25) is 0 Å². The van der Waals surface area contributed by atoms with Crippen molar-refractivity contribution in [3.05, 3.63) is 40.7 Å². The minimum Gasteiger partial charge on any atom is -0.318 e. The number of sulfonamides is 1. The standard InChI is InChI=1S/C10H12N6O4S/c1-15-6-7(5-12-15)14-21(19,20)8-2-3-10(16(17)18)9(4-8)13-11/h2-6,13-14H,11H2,1H3. The Balaban J connectivity index is 2.38. The monoisotopic (exact) mass is 312 g/mol. The van der Waals surface area contributed by atoms with E-state index in [2.05, 4.69) is 15.2 Å². The van der Waals surface area contributed by atoms with Gasteiger partial charge in [-0.05, 0) is 12.1 Å². The first-order chi connectivity index (χ1) is 9.83. The second-order valence-corrected chi connectivity index (χ2v) is 5.77. The second kappa shape index (κ2) is 5.38. The predicted molar refractivity (Wildman–Crippen MR) is 74.9 cm³/mol. The molecule has 0 radical (unpaired) electrons. The Morgan fingerprint density at radius 2 is 2.14 bits per heavy atom. The number of anilines is 2. The van der Waals surface area contributed by atoms with Gasteiger partial charge in [-0.2, -0.15) is 5.10 Å². The number of nitro groups is 1. The zero-order chi connectivity index (χ0) is 15.6. The van der Waals surface area contributed by atoms with Crippen LogP contribution in [0.1, 0.15) is 0 Å². The van der Waals surface area contributed by atoms with E-state index >= 15 is 0 Å². The fraction of sp³-hybridized carbons (Fsp3) is 0.100. The van der Waals surface area contributed by atoms with Crippen LogP contribution in [0.5, 0.6) is 0 Å². The lowest BCUT2D eigenvalue weighted by Gasteiger charge is -2.08. The summed E-state index contributed by atoms with van der Waals surface area (Å²) in [4.78, 5) is 9.94. The van der Waals surface area contributed by atoms with Crippen LogP contribution in [0.25, 0.3) is 0 Å². The van der Waals surface area contributed by atoms with E-state index in [-0.39, 0.29) is 22.0 Å². The van der Waals surface area contributed by atoms with E-state index in [1.54, 1.807) is 7.05 Å². The number of hydrogen-bond acceptors (Lipinski definition) is 7. The molecule has 0 bridgehead atoms. The van der Waals surface area contributed by atoms with Gasteiger partial charge < -0.3 is 5.43 Å². The second-order valence-electron chi connectivity index (χ2n) is 4.09. The molecule has 1 aromatic carbocycles. The van der Waals surface area contributed by atoms with Gasteiger partial charge in [-0.15, -0.1) is 0 Å². The van der Waals surface area contributed by atoms with Crippen LogP contribution in [0.15, 0.2) is 35.5 Å². The molecule has 0 aliphatic heterocycles. The molecule has 0 spiro atoms. The summed E-state index contributed by atoms with van der Waals surface area (Å²) >= 11 is 0. The molecule has 0 saturated carbocycles. The Labute approximate surface area is 119 Å². The first kappa shape index (κ1) is 14.7. The number of nitro benzene ring substituents is 1. The van der Waals surface area contributed by atoms with Crippen LogP contribution in [0, 0.1) is 10.1 Å². The molecule has 0 atom stereocenters. The number of nitrogens with one attached hydrogen (secondary N) is 2. The smallest absolute Gasteiger partial charge is 0.293 e. The molecule has 4 N–H and O–H groups in total. The number of aromatic nitrogens is 2. The molecule has 2 aromatic rings. The molecule has 0 amide bonds. The summed E-state index contributed by atoms with van der Waals surface area (Å²) < 4.78 is 28.1. The summed E-state index contributed by atoms with van der Waals surface area (Å²) in [6, 6.07) is 3.27. The van der Waals surface area contributed by atoms with Gasteiger partial charge in [0.15, 0.2) is 0 Å². The highest BCUT2D eigenvalue weighted by atomic mass is 32.2. The van der Waals surface area contributed by atoms with Gasteiger partial charge in [-0.3, -0.25) is 25.4 Å². The number of hydrazine groups is 1. The van der Waals surface area contributed by atoms with Gasteiger partial charge in [0.05, 0.1) is 21.7 Å². The molecule has 0 saturated heterocycles. The number of nitrogen functional groups attached to an aromatic ring is 1. The van der Waals surface area contributed by atoms with Gasteiger partial charge in [-0.25, -0.2) is 8.42 Å². The molecule has 1 aromatic heterocycles. The van der Waals surface area contributed by atoms with Crippen molar-refractivity contribution < 1.29 is 13.3 Å². The van der Waals surface area contributed by atoms with E-state index in [0.717, 1.165) is 18.2 Å². The molecule has 2 rings (SSSR count). The van der Waals surface area contributed by atoms with Gasteiger partial charge in [-0.1, -0.05) is 0 Å². The summed E-state index contributed by atoms with van der Waals surface area (Å²) in [7, 11) is -2.26. The Kier molecular flexibility index (Phi) is 3.78. The maximum atomic E-state index is 12.2. The van der Waals surface area contributed by atoms with Crippen molar-refractivity contribution in [1.82, 2.24) is 9.78 Å². The molecule has 11 heteroatoms. The topological polar surface area (TPSA) is 145 Å². The van der Waals surface area contributed by atoms with Crippen molar-refractivity contribution in [3.8, 4) is 0 Å². The molecule has 21 heavy (non-hydrogen) atoms. The van der Waals surface area contributed by atoms with Crippen LogP contribution in [0.3, 0.4) is 0 Å². The van der Waals surface area contributed by atoms with Gasteiger partial charge in [0, 0.05) is 19.3 Å². The summed E-state index contributed by atoms with van der Waals surface area (Å²) in [6.07, 6.45) is 2.82. The van der Waals surface area contributed by atoms with Crippen molar-refractivity contribution in [2.75, 3.05) is 10.1 Å². The molecule has 0 unspecified atom stereocenters. The maximum Gasteiger partial charge on any atom is 0.293 e. The minimum atomic E-state index is -3.90. The Hall–Kier alpha value is -2.66. The molecular formula is C10H12N6O4S. The van der Waals surface area contributed by atoms with Crippen molar-refractivity contribution in [2.45, 2.75) is 4.90 Å². The average Bonchev–Trinajstić information content (AvgIpc) is 2.82. The van der Waals surface area contributed by atoms with Crippen molar-refractivity contribution >= 4 is 27.1 Å². The molecule has 0 aliphatic carbocycles. The lowest BCUT2D eigenvalue weighted by Crippen LogP contribution is -2.14. The predicted octanol–water partition coefficient (Wildman–Crippen LogP) is 0.415. The van der Waals surface area contributed by atoms with Crippen molar-refractivity contribution in [3.63, 3.8) is 0 Å². The third-order valence-electron chi connectivity index (χ3n) is 2.59. The first-order valence-corrected chi connectivity index (χ1v) is 7.08. The number of benzene rings is 1. The van der Waals surface area contributed by atoms with Crippen LogP contribution in [0.4, 0.5) is 17.1 Å². The molecule has 10 nitrogen and oxygen atoms in total. The molecule has 112 valence electrons. The van der Waals surface area contributed by atoms with E-state index < -0.39 is 14.9 Å². The van der Waals surface area contributed by atoms with Crippen LogP contribution >= 0.6 is 0 Å². The molecule has 1 heterocycles. The quantitative estimate of drug-likeness (QED) is 0.412. The third-order valence-corrected chi connectivity index (χ3v) is 3.97. The maximum absolute atomic E-state index is 12.2. The number of nitrogens with zero attached hydrogens (tertiary/aromatic N) is 3. The highest BCUT2D eigenvalue weighted by Gasteiger charge is 2.20. The van der Waals surface area contributed by atoms with E-state index in [4.69, 9.17) is 5.84 Å². The minimum absolute atomic E-state index is 0.103. The Morgan fingerprint density at radius 3 is 2.67 bits per heavy atom. The summed E-state index contributed by atoms with van der Waals surface area (Å²) in [5, 5.41) is 14.6. The fourth-order valence-corrected chi connectivity index (χ4v) is 2.70. The fourth-order valence-electron chi connectivity index (χ4n) is 1.65. The van der Waals surface area contributed by atoms with E-state index in [1.807, 2.05) is 0 Å². The Morgan fingerprint density at radius 1 is 1.43 bits per heavy atom. The lowest BCUT2D eigenvalue weighted by atomic mass is 10.3. The lowest BCUT2D eigenvalue weighted by molar-refractivity contribution is -0.384. The molecule has 0 aliphatic rings. The highest BCUT2D eigenvalue weighted by Crippen LogP contribution is 2.27. The Bertz CT molecular complexity index is 785. The number of nitrogens with two attached hydrogens (primary N) is 1. The van der Waals surface area contributed by atoms with Gasteiger partial charge in [0.1, 0.15) is 5.69 Å². The van der Waals surface area contributed by atoms with Crippen LogP contribution in [0.2, 0.25) is 0 Å². The highest BCUT2D eigenvalue weighted by molar-refractivity contribution is 7.92. The zero-order valence-electron chi connectivity index (χ0n) is 10.8. The first-order valence-electron chi connectivity index (χ1n) is 5.60. The number of aryl methyl sites for hydroxylation is 1. The largest absolute Gasteiger partial charge is 0.318 e. The molecule has 0 fully saturated rings. The summed E-state index contributed by atoms with van der Waals surface area (Å²) in [5.41, 5.74) is 1.96. The summed E-state index contributed by atoms with van der Waals surface area (Å²) in [5.74, 6) is 5.17. The number of hydrogen-bond donors (Lipinski definition) is 3. The SMILES string of the molecule is Cn1cc(NS(=O)(=O)c2ccc([N+](=O)[O-])c(NN)c2)cn1. The van der Waals surface area contributed by atoms with E-state index in [9.17, 15) is 18.5 Å². The van der Waals surface area contributed by atoms with Gasteiger partial charge >= 0.3 is 0 Å². The number of rotatable bonds is 5. The summed E-state index contributed by atoms with van der Waals surface area (Å²) in [6.45, 7) is 0. The third kappa shape index (κ3) is 3.09.